The lowest BCUT2D eigenvalue weighted by molar-refractivity contribution is -0.117. The molecule has 5 nitrogen and oxygen atoms in total. The molecule has 3 atom stereocenters. The molecule has 1 aromatic rings. The van der Waals surface area contributed by atoms with E-state index in [2.05, 4.69) is 115 Å². The van der Waals surface area contributed by atoms with E-state index in [1.165, 1.54) is 5.57 Å². The molecule has 5 heteroatoms. The Kier molecular flexibility index (Phi) is 11.2. The van der Waals surface area contributed by atoms with Gasteiger partial charge in [0.1, 0.15) is 0 Å². The second kappa shape index (κ2) is 13.6. The van der Waals surface area contributed by atoms with Gasteiger partial charge in [-0.05, 0) is 67.7 Å². The van der Waals surface area contributed by atoms with Crippen LogP contribution in [0.4, 0.5) is 5.69 Å². The number of allylic oxidation sites excluding steroid dienone is 5. The molecule has 1 amide bonds. The maximum atomic E-state index is 12.9. The van der Waals surface area contributed by atoms with E-state index in [0.717, 1.165) is 29.9 Å². The van der Waals surface area contributed by atoms with Gasteiger partial charge in [0.15, 0.2) is 0 Å². The van der Waals surface area contributed by atoms with Gasteiger partial charge in [-0.25, -0.2) is 0 Å². The fraction of sp³-hybridized carbons (Fsp3) is 0.548. The highest BCUT2D eigenvalue weighted by molar-refractivity contribution is 5.91. The van der Waals surface area contributed by atoms with Crippen molar-refractivity contribution < 1.29 is 4.79 Å². The largest absolute Gasteiger partial charge is 0.379 e. The van der Waals surface area contributed by atoms with Crippen LogP contribution >= 0.6 is 0 Å². The van der Waals surface area contributed by atoms with Crippen molar-refractivity contribution in [2.45, 2.75) is 80.3 Å². The van der Waals surface area contributed by atoms with Crippen molar-refractivity contribution in [2.24, 2.45) is 22.2 Å². The minimum absolute atomic E-state index is 0.0480. The Bertz CT molecular complexity index is 988. The number of hydrogen-bond donors (Lipinski definition) is 2. The van der Waals surface area contributed by atoms with Crippen LogP contribution in [0.25, 0.3) is 0 Å². The summed E-state index contributed by atoms with van der Waals surface area (Å²) in [5.41, 5.74) is 4.25. The standard InChI is InChI=1S/C31H48N4O/c1-10-35(9)21-29(23(4)5)32-20-24(6)33-25(7)27-12-11-13-28(18-27)34-30(36)19-31(8)16-14-26(15-17-31)22(2)3/h11-16,18,20-25,33H,10,17,19H2,1-9H3,(H,34,36)/b29-21+,32-20?/t24?,25-,31?/m0/s1. The number of amides is 1. The first-order valence-electron chi connectivity index (χ1n) is 13.4. The number of carbonyl (C=O) groups is 1. The van der Waals surface area contributed by atoms with Gasteiger partial charge in [0.2, 0.25) is 5.91 Å². The second-order valence-corrected chi connectivity index (χ2v) is 11.1. The molecule has 0 saturated carbocycles. The summed E-state index contributed by atoms with van der Waals surface area (Å²) in [7, 11) is 2.07. The highest BCUT2D eigenvalue weighted by Crippen LogP contribution is 2.35. The smallest absolute Gasteiger partial charge is 0.225 e. The summed E-state index contributed by atoms with van der Waals surface area (Å²) in [6.45, 7) is 18.2. The monoisotopic (exact) mass is 492 g/mol. The molecule has 36 heavy (non-hydrogen) atoms. The van der Waals surface area contributed by atoms with Crippen LogP contribution in [-0.4, -0.2) is 36.7 Å². The number of carbonyl (C=O) groups excluding carboxylic acids is 1. The molecular weight excluding hydrogens is 444 g/mol. The van der Waals surface area contributed by atoms with E-state index in [1.54, 1.807) is 0 Å². The number of anilines is 1. The highest BCUT2D eigenvalue weighted by Gasteiger charge is 2.26. The predicted octanol–water partition coefficient (Wildman–Crippen LogP) is 7.12. The van der Waals surface area contributed by atoms with Gasteiger partial charge < -0.3 is 15.5 Å². The van der Waals surface area contributed by atoms with Gasteiger partial charge in [0, 0.05) is 50.2 Å². The third-order valence-corrected chi connectivity index (χ3v) is 6.79. The first-order chi connectivity index (χ1) is 16.9. The Hall–Kier alpha value is -2.66. The predicted molar refractivity (Wildman–Crippen MR) is 155 cm³/mol. The van der Waals surface area contributed by atoms with Crippen molar-refractivity contribution in [3.8, 4) is 0 Å². The average molecular weight is 493 g/mol. The van der Waals surface area contributed by atoms with Crippen LogP contribution in [0, 0.1) is 17.3 Å². The molecule has 2 unspecified atom stereocenters. The maximum Gasteiger partial charge on any atom is 0.225 e. The zero-order chi connectivity index (χ0) is 26.9. The summed E-state index contributed by atoms with van der Waals surface area (Å²) in [5.74, 6) is 0.926. The molecule has 0 fully saturated rings. The van der Waals surface area contributed by atoms with E-state index in [-0.39, 0.29) is 23.4 Å². The molecule has 1 aliphatic rings. The second-order valence-electron chi connectivity index (χ2n) is 11.1. The third kappa shape index (κ3) is 9.42. The summed E-state index contributed by atoms with van der Waals surface area (Å²) in [6, 6.07) is 8.34. The summed E-state index contributed by atoms with van der Waals surface area (Å²) in [6.07, 6.45) is 12.1. The van der Waals surface area contributed by atoms with E-state index in [9.17, 15) is 4.79 Å². The van der Waals surface area contributed by atoms with Gasteiger partial charge in [0.25, 0.3) is 0 Å². The summed E-state index contributed by atoms with van der Waals surface area (Å²) >= 11 is 0. The van der Waals surface area contributed by atoms with Crippen LogP contribution in [0.15, 0.2) is 65.0 Å². The quantitative estimate of drug-likeness (QED) is 0.305. The molecule has 0 aliphatic heterocycles. The molecule has 0 saturated heterocycles. The zero-order valence-electron chi connectivity index (χ0n) is 23.9. The highest BCUT2D eigenvalue weighted by atomic mass is 16.1. The van der Waals surface area contributed by atoms with Crippen LogP contribution in [-0.2, 0) is 4.79 Å². The van der Waals surface area contributed by atoms with E-state index in [0.29, 0.717) is 18.3 Å². The Morgan fingerprint density at radius 2 is 1.92 bits per heavy atom. The zero-order valence-corrected chi connectivity index (χ0v) is 23.9. The van der Waals surface area contributed by atoms with Gasteiger partial charge in [-0.2, -0.15) is 0 Å². The van der Waals surface area contributed by atoms with Crippen molar-refractivity contribution >= 4 is 17.8 Å². The van der Waals surface area contributed by atoms with E-state index >= 15 is 0 Å². The Morgan fingerprint density at radius 3 is 2.50 bits per heavy atom. The van der Waals surface area contributed by atoms with Crippen molar-refractivity contribution in [2.75, 3.05) is 18.9 Å². The number of nitrogens with one attached hydrogen (secondary N) is 2. The van der Waals surface area contributed by atoms with Crippen molar-refractivity contribution in [1.29, 1.82) is 0 Å². The number of nitrogens with zero attached hydrogens (tertiary/aromatic N) is 2. The summed E-state index contributed by atoms with van der Waals surface area (Å²) < 4.78 is 0. The lowest BCUT2D eigenvalue weighted by atomic mass is 9.77. The fourth-order valence-corrected chi connectivity index (χ4v) is 4.18. The van der Waals surface area contributed by atoms with E-state index in [4.69, 9.17) is 4.99 Å². The minimum atomic E-state index is -0.140. The van der Waals surface area contributed by atoms with Gasteiger partial charge in [-0.1, -0.05) is 65.0 Å². The number of hydrogen-bond acceptors (Lipinski definition) is 4. The van der Waals surface area contributed by atoms with Crippen LogP contribution in [0.1, 0.15) is 79.8 Å². The Morgan fingerprint density at radius 1 is 1.19 bits per heavy atom. The SMILES string of the molecule is CCN(C)/C=C(/N=CC(C)N[C@@H](C)c1cccc(NC(=O)CC2(C)C=CC(C(C)C)=CC2)c1)C(C)C. The number of rotatable bonds is 12. The lowest BCUT2D eigenvalue weighted by Gasteiger charge is -2.28. The Labute approximate surface area is 219 Å². The first kappa shape index (κ1) is 29.6. The van der Waals surface area contributed by atoms with Crippen LogP contribution in [0.5, 0.6) is 0 Å². The van der Waals surface area contributed by atoms with Crippen LogP contribution in [0.3, 0.4) is 0 Å². The summed E-state index contributed by atoms with van der Waals surface area (Å²) in [4.78, 5) is 19.8. The summed E-state index contributed by atoms with van der Waals surface area (Å²) in [5, 5.41) is 6.72. The van der Waals surface area contributed by atoms with Gasteiger partial charge in [0.05, 0.1) is 5.70 Å². The molecule has 0 aromatic heterocycles. The van der Waals surface area contributed by atoms with Gasteiger partial charge in [-0.3, -0.25) is 9.79 Å². The van der Waals surface area contributed by atoms with Crippen LogP contribution in [0.2, 0.25) is 0 Å². The average Bonchev–Trinajstić information content (AvgIpc) is 2.81. The first-order valence-corrected chi connectivity index (χ1v) is 13.4. The van der Waals surface area contributed by atoms with Crippen LogP contribution < -0.4 is 10.6 Å². The normalized spacial score (nSPS) is 20.1. The minimum Gasteiger partial charge on any atom is -0.379 e. The topological polar surface area (TPSA) is 56.7 Å². The van der Waals surface area contributed by atoms with Crippen molar-refractivity contribution in [1.82, 2.24) is 10.2 Å². The third-order valence-electron chi connectivity index (χ3n) is 6.79. The molecule has 0 spiro atoms. The van der Waals surface area contributed by atoms with Crippen molar-refractivity contribution in [3.63, 3.8) is 0 Å². The molecular formula is C31H48N4O. The number of aliphatic imine (C=N–C) groups is 1. The molecule has 0 radical (unpaired) electrons. The van der Waals surface area contributed by atoms with E-state index < -0.39 is 0 Å². The molecule has 2 N–H and O–H groups in total. The Balaban J connectivity index is 1.97. The fourth-order valence-electron chi connectivity index (χ4n) is 4.18. The molecule has 1 aromatic carbocycles. The molecule has 198 valence electrons. The van der Waals surface area contributed by atoms with E-state index in [1.807, 2.05) is 18.3 Å². The number of benzene rings is 1. The molecule has 0 heterocycles. The molecule has 0 bridgehead atoms. The van der Waals surface area contributed by atoms with Gasteiger partial charge >= 0.3 is 0 Å². The van der Waals surface area contributed by atoms with Gasteiger partial charge in [-0.15, -0.1) is 0 Å². The maximum absolute atomic E-state index is 12.9. The molecule has 1 aliphatic carbocycles. The van der Waals surface area contributed by atoms with Crippen molar-refractivity contribution in [3.05, 3.63) is 65.5 Å². The molecule has 2 rings (SSSR count). The lowest BCUT2D eigenvalue weighted by Crippen LogP contribution is -2.30.